The van der Waals surface area contributed by atoms with Gasteiger partial charge in [-0.3, -0.25) is 0 Å². The largest absolute Gasteiger partial charge is 0.493 e. The van der Waals surface area contributed by atoms with E-state index in [4.69, 9.17) is 9.72 Å². The van der Waals surface area contributed by atoms with Gasteiger partial charge < -0.3 is 20.1 Å². The average molecular weight is 491 g/mol. The van der Waals surface area contributed by atoms with E-state index in [0.29, 0.717) is 23.7 Å². The molecule has 1 aliphatic rings. The van der Waals surface area contributed by atoms with Gasteiger partial charge in [-0.1, -0.05) is 24.3 Å². The van der Waals surface area contributed by atoms with Crippen LogP contribution in [0.5, 0.6) is 5.75 Å². The molecule has 186 valence electrons. The number of nitriles is 1. The van der Waals surface area contributed by atoms with E-state index >= 15 is 0 Å². The Morgan fingerprint density at radius 3 is 2.59 bits per heavy atom. The number of hydrogen-bond acceptors (Lipinski definition) is 5. The molecule has 1 aliphatic carbocycles. The van der Waals surface area contributed by atoms with Crippen molar-refractivity contribution in [2.75, 3.05) is 19.0 Å². The molecule has 1 fully saturated rings. The van der Waals surface area contributed by atoms with E-state index in [1.807, 2.05) is 45.2 Å². The summed E-state index contributed by atoms with van der Waals surface area (Å²) in [5.41, 5.74) is 4.20. The van der Waals surface area contributed by atoms with Crippen molar-refractivity contribution in [3.05, 3.63) is 65.7 Å². The second-order valence-electron chi connectivity index (χ2n) is 10.7. The third-order valence-corrected chi connectivity index (χ3v) is 7.10. The predicted molar refractivity (Wildman–Crippen MR) is 149 cm³/mol. The first-order valence-electron chi connectivity index (χ1n) is 12.8. The Bertz CT molecular complexity index is 1700. The van der Waals surface area contributed by atoms with Crippen LogP contribution < -0.4 is 10.1 Å². The van der Waals surface area contributed by atoms with Crippen LogP contribution in [0.2, 0.25) is 0 Å². The van der Waals surface area contributed by atoms with Gasteiger partial charge >= 0.3 is 0 Å². The van der Waals surface area contributed by atoms with Crippen LogP contribution in [0.15, 0.2) is 54.6 Å². The van der Waals surface area contributed by atoms with Crippen LogP contribution in [0.3, 0.4) is 0 Å². The summed E-state index contributed by atoms with van der Waals surface area (Å²) >= 11 is 0. The zero-order chi connectivity index (χ0) is 25.7. The fourth-order valence-corrected chi connectivity index (χ4v) is 5.17. The van der Waals surface area contributed by atoms with Gasteiger partial charge in [0.25, 0.3) is 0 Å². The van der Waals surface area contributed by atoms with Crippen molar-refractivity contribution in [1.29, 1.82) is 5.26 Å². The number of H-pyrrole nitrogens is 1. The number of aromatic amines is 1. The zero-order valence-electron chi connectivity index (χ0n) is 21.4. The van der Waals surface area contributed by atoms with Gasteiger partial charge in [-0.2, -0.15) is 5.26 Å². The summed E-state index contributed by atoms with van der Waals surface area (Å²) in [7, 11) is 1.85. The molecule has 6 heteroatoms. The van der Waals surface area contributed by atoms with E-state index in [0.717, 1.165) is 61.7 Å². The molecule has 3 N–H and O–H groups in total. The molecule has 0 unspecified atom stereocenters. The Morgan fingerprint density at radius 2 is 1.86 bits per heavy atom. The molecule has 0 aliphatic heterocycles. The van der Waals surface area contributed by atoms with Crippen molar-refractivity contribution in [2.24, 2.45) is 5.92 Å². The number of aliphatic hydroxyl groups is 1. The number of hydrogen-bond donors (Lipinski definition) is 3. The van der Waals surface area contributed by atoms with E-state index in [1.54, 1.807) is 0 Å². The molecular weight excluding hydrogens is 460 g/mol. The van der Waals surface area contributed by atoms with Gasteiger partial charge in [0.15, 0.2) is 0 Å². The lowest BCUT2D eigenvalue weighted by Crippen LogP contribution is -2.21. The molecule has 0 saturated heterocycles. The van der Waals surface area contributed by atoms with Crippen molar-refractivity contribution in [3.8, 4) is 23.2 Å². The number of anilines is 1. The van der Waals surface area contributed by atoms with Gasteiger partial charge in [-0.15, -0.1) is 0 Å². The normalized spacial score (nSPS) is 13.8. The Hall–Kier alpha value is -4.08. The van der Waals surface area contributed by atoms with Crippen LogP contribution in [0.1, 0.15) is 37.8 Å². The summed E-state index contributed by atoms with van der Waals surface area (Å²) in [5, 5.41) is 27.7. The van der Waals surface area contributed by atoms with E-state index in [1.165, 1.54) is 12.8 Å². The van der Waals surface area contributed by atoms with Gasteiger partial charge in [-0.25, -0.2) is 4.98 Å². The summed E-state index contributed by atoms with van der Waals surface area (Å²) in [6.45, 7) is 4.41. The van der Waals surface area contributed by atoms with Gasteiger partial charge in [0.2, 0.25) is 0 Å². The van der Waals surface area contributed by atoms with Crippen LogP contribution in [0.4, 0.5) is 5.69 Å². The monoisotopic (exact) mass is 490 g/mol. The molecule has 4 aromatic carbocycles. The number of fused-ring (bicyclic) bond motifs is 6. The van der Waals surface area contributed by atoms with E-state index in [9.17, 15) is 10.4 Å². The molecule has 6 nitrogen and oxygen atoms in total. The molecule has 0 bridgehead atoms. The minimum Gasteiger partial charge on any atom is -0.493 e. The molecule has 0 spiro atoms. The van der Waals surface area contributed by atoms with Crippen LogP contribution in [0.25, 0.3) is 44.0 Å². The van der Waals surface area contributed by atoms with Crippen molar-refractivity contribution in [3.63, 3.8) is 0 Å². The summed E-state index contributed by atoms with van der Waals surface area (Å²) < 4.78 is 6.13. The van der Waals surface area contributed by atoms with E-state index in [2.05, 4.69) is 46.7 Å². The lowest BCUT2D eigenvalue weighted by molar-refractivity contribution is 0.0810. The van der Waals surface area contributed by atoms with Crippen LogP contribution >= 0.6 is 0 Å². The summed E-state index contributed by atoms with van der Waals surface area (Å²) in [6.07, 6.45) is 3.04. The molecule has 0 atom stereocenters. The van der Waals surface area contributed by atoms with Crippen molar-refractivity contribution in [1.82, 2.24) is 9.97 Å². The number of rotatable bonds is 7. The van der Waals surface area contributed by atoms with Crippen LogP contribution in [-0.2, 0) is 6.42 Å². The highest BCUT2D eigenvalue weighted by molar-refractivity contribution is 6.24. The Balaban J connectivity index is 1.62. The second-order valence-corrected chi connectivity index (χ2v) is 10.7. The van der Waals surface area contributed by atoms with E-state index < -0.39 is 5.60 Å². The smallest absolute Gasteiger partial charge is 0.141 e. The SMILES string of the molecule is CNc1cccc(C#N)c1-c1nc2c3ccc(OCC4CC4)cc3c3cc(CC(C)(C)O)ccc3c2[nH]1. The van der Waals surface area contributed by atoms with Crippen molar-refractivity contribution < 1.29 is 9.84 Å². The third-order valence-electron chi connectivity index (χ3n) is 7.10. The number of benzene rings is 4. The molecule has 0 radical (unpaired) electrons. The topological polar surface area (TPSA) is 94.0 Å². The lowest BCUT2D eigenvalue weighted by atomic mass is 9.93. The molecule has 1 aromatic heterocycles. The maximum Gasteiger partial charge on any atom is 0.141 e. The number of ether oxygens (including phenoxy) is 1. The Morgan fingerprint density at radius 1 is 1.08 bits per heavy atom. The van der Waals surface area contributed by atoms with Crippen molar-refractivity contribution >= 4 is 38.3 Å². The molecular formula is C31H30N4O2. The summed E-state index contributed by atoms with van der Waals surface area (Å²) in [4.78, 5) is 8.59. The average Bonchev–Trinajstić information content (AvgIpc) is 3.61. The standard InChI is InChI=1S/C31H30N4O2/c1-31(2,36)15-19-9-11-22-24(13-19)25-14-21(37-17-18-7-8-18)10-12-23(25)29-28(22)34-30(35-29)27-20(16-32)5-4-6-26(27)33-3/h4-6,9-14,18,33,36H,7-8,15,17H2,1-3H3,(H,34,35). The van der Waals surface area contributed by atoms with Crippen molar-refractivity contribution in [2.45, 2.75) is 38.7 Å². The highest BCUT2D eigenvalue weighted by Gasteiger charge is 2.23. The second kappa shape index (κ2) is 8.79. The first kappa shape index (κ1) is 23.3. The molecule has 5 aromatic rings. The first-order chi connectivity index (χ1) is 17.8. The minimum absolute atomic E-state index is 0.551. The fourth-order valence-electron chi connectivity index (χ4n) is 5.17. The quantitative estimate of drug-likeness (QED) is 0.225. The Labute approximate surface area is 215 Å². The number of nitrogens with one attached hydrogen (secondary N) is 2. The summed E-state index contributed by atoms with van der Waals surface area (Å²) in [6, 6.07) is 20.5. The molecule has 1 saturated carbocycles. The van der Waals surface area contributed by atoms with Gasteiger partial charge in [0.05, 0.1) is 40.4 Å². The molecule has 6 rings (SSSR count). The number of nitrogens with zero attached hydrogens (tertiary/aromatic N) is 2. The van der Waals surface area contributed by atoms with Gasteiger partial charge in [-0.05, 0) is 79.3 Å². The number of aromatic nitrogens is 2. The maximum absolute atomic E-state index is 10.5. The van der Waals surface area contributed by atoms with Gasteiger partial charge in [0, 0.05) is 29.9 Å². The Kier molecular flexibility index (Phi) is 5.54. The molecule has 0 amide bonds. The first-order valence-corrected chi connectivity index (χ1v) is 12.8. The maximum atomic E-state index is 10.5. The number of imidazole rings is 1. The molecule has 1 heterocycles. The zero-order valence-corrected chi connectivity index (χ0v) is 21.4. The van der Waals surface area contributed by atoms with E-state index in [-0.39, 0.29) is 0 Å². The third kappa shape index (κ3) is 4.36. The van der Waals surface area contributed by atoms with Crippen LogP contribution in [-0.4, -0.2) is 34.3 Å². The molecule has 37 heavy (non-hydrogen) atoms. The summed E-state index contributed by atoms with van der Waals surface area (Å²) in [5.74, 6) is 2.18. The lowest BCUT2D eigenvalue weighted by Gasteiger charge is -2.18. The highest BCUT2D eigenvalue weighted by atomic mass is 16.5. The van der Waals surface area contributed by atoms with Gasteiger partial charge in [0.1, 0.15) is 11.6 Å². The minimum atomic E-state index is -0.808. The highest BCUT2D eigenvalue weighted by Crippen LogP contribution is 2.40. The predicted octanol–water partition coefficient (Wildman–Crippen LogP) is 6.55. The van der Waals surface area contributed by atoms with Crippen LogP contribution in [0, 0.1) is 17.2 Å². The fraction of sp³-hybridized carbons (Fsp3) is 0.290.